The molecule has 23 aromatic rings. The maximum absolute atomic E-state index is 6.61. The van der Waals surface area contributed by atoms with Gasteiger partial charge in [-0.05, 0) is 195 Å². The average Bonchev–Trinajstić information content (AvgIpc) is 1.64. The van der Waals surface area contributed by atoms with Crippen LogP contribution in [0.15, 0.2) is 378 Å². The van der Waals surface area contributed by atoms with Crippen LogP contribution in [0.4, 0.5) is 0 Å². The molecule has 0 saturated heterocycles. The Kier molecular flexibility index (Phi) is 15.6. The number of rotatable bonds is 7. The van der Waals surface area contributed by atoms with E-state index in [4.69, 9.17) is 33.8 Å². The van der Waals surface area contributed by atoms with E-state index in [9.17, 15) is 0 Å². The smallest absolute Gasteiger partial charge is 0.246 e. The van der Waals surface area contributed by atoms with Crippen LogP contribution in [0.2, 0.25) is 0 Å². The van der Waals surface area contributed by atoms with Crippen LogP contribution in [-0.4, -0.2) is 34.5 Å². The number of furan rings is 2. The van der Waals surface area contributed by atoms with E-state index in [-0.39, 0.29) is 0 Å². The molecule has 24 rings (SSSR count). The number of pyridine rings is 2. The highest BCUT2D eigenvalue weighted by molar-refractivity contribution is 9.10. The third kappa shape index (κ3) is 11.2. The Bertz CT molecular complexity index is 7810. The first-order valence-corrected chi connectivity index (χ1v) is 38.7. The average molecular weight is 1510 g/mol. The van der Waals surface area contributed by atoms with Gasteiger partial charge >= 0.3 is 0 Å². The molecule has 113 heavy (non-hydrogen) atoms. The molecule has 16 aromatic carbocycles. The van der Waals surface area contributed by atoms with Crippen molar-refractivity contribution in [2.24, 2.45) is 0 Å². The molecule has 0 bridgehead atoms. The van der Waals surface area contributed by atoms with Gasteiger partial charge in [-0.1, -0.05) is 283 Å². The van der Waals surface area contributed by atoms with Crippen molar-refractivity contribution in [2.45, 2.75) is 6.42 Å². The van der Waals surface area contributed by atoms with Gasteiger partial charge in [0.15, 0.2) is 0 Å². The molecule has 0 fully saturated rings. The van der Waals surface area contributed by atoms with Crippen molar-refractivity contribution in [3.05, 3.63) is 380 Å². The number of hydrogen-bond donors (Lipinski definition) is 0. The third-order valence-corrected chi connectivity index (χ3v) is 23.0. The van der Waals surface area contributed by atoms with Gasteiger partial charge < -0.3 is 13.4 Å². The van der Waals surface area contributed by atoms with Gasteiger partial charge in [-0.3, -0.25) is 9.97 Å². The van der Waals surface area contributed by atoms with Gasteiger partial charge in [-0.2, -0.15) is 0 Å². The molecule has 0 radical (unpaired) electrons. The summed E-state index contributed by atoms with van der Waals surface area (Å²) in [5, 5.41) is 18.6. The van der Waals surface area contributed by atoms with E-state index in [0.717, 1.165) is 133 Å². The van der Waals surface area contributed by atoms with Crippen molar-refractivity contribution in [3.63, 3.8) is 0 Å². The summed E-state index contributed by atoms with van der Waals surface area (Å²) >= 11 is 3.70. The summed E-state index contributed by atoms with van der Waals surface area (Å²) in [5.74, 6) is 0. The third-order valence-electron chi connectivity index (χ3n) is 22.3. The fourth-order valence-corrected chi connectivity index (χ4v) is 17.6. The number of benzene rings is 16. The highest BCUT2D eigenvalue weighted by atomic mass is 79.9. The molecular formula is C103H62BrN7O2. The molecule has 0 unspecified atom stereocenters. The highest BCUT2D eigenvalue weighted by Crippen LogP contribution is 2.46. The maximum atomic E-state index is 6.61. The first kappa shape index (κ1) is 65.5. The van der Waals surface area contributed by atoms with E-state index in [2.05, 4.69) is 323 Å². The minimum atomic E-state index is 0.493. The summed E-state index contributed by atoms with van der Waals surface area (Å²) in [6.45, 7) is 0. The summed E-state index contributed by atoms with van der Waals surface area (Å²) in [6.07, 6.45) is 4.67. The van der Waals surface area contributed by atoms with Gasteiger partial charge in [0.2, 0.25) is 11.4 Å². The van der Waals surface area contributed by atoms with Crippen molar-refractivity contribution in [2.75, 3.05) is 0 Å². The summed E-state index contributed by atoms with van der Waals surface area (Å²) in [7, 11) is 0. The summed E-state index contributed by atoms with van der Waals surface area (Å²) < 4.78 is 16.5. The van der Waals surface area contributed by atoms with Gasteiger partial charge in [0.1, 0.15) is 45.0 Å². The minimum absolute atomic E-state index is 0.493. The van der Waals surface area contributed by atoms with Crippen LogP contribution >= 0.6 is 15.9 Å². The van der Waals surface area contributed by atoms with Crippen LogP contribution in [0.25, 0.3) is 215 Å². The quantitative estimate of drug-likeness (QED) is 0.155. The van der Waals surface area contributed by atoms with Crippen molar-refractivity contribution < 1.29 is 8.83 Å². The van der Waals surface area contributed by atoms with Crippen LogP contribution in [-0.2, 0) is 6.42 Å². The van der Waals surface area contributed by atoms with E-state index in [1.807, 2.05) is 60.8 Å². The molecule has 1 aliphatic carbocycles. The molecule has 528 valence electrons. The minimum Gasteiger partial charge on any atom is -0.436 e. The molecule has 0 atom stereocenters. The second-order valence-electron chi connectivity index (χ2n) is 28.8. The van der Waals surface area contributed by atoms with Crippen molar-refractivity contribution >= 4 is 147 Å². The Labute approximate surface area is 656 Å². The van der Waals surface area contributed by atoms with Crippen LogP contribution in [0.5, 0.6) is 0 Å². The van der Waals surface area contributed by atoms with Crippen molar-refractivity contribution in [1.29, 1.82) is 0 Å². The Morgan fingerprint density at radius 1 is 0.265 bits per heavy atom. The van der Waals surface area contributed by atoms with Crippen LogP contribution < -0.4 is 0 Å². The van der Waals surface area contributed by atoms with E-state index < -0.39 is 0 Å². The molecule has 9 nitrogen and oxygen atoms in total. The zero-order valence-electron chi connectivity index (χ0n) is 60.7. The molecule has 0 amide bonds. The van der Waals surface area contributed by atoms with Gasteiger partial charge in [0.25, 0.3) is 0 Å². The molecule has 0 saturated carbocycles. The molecule has 0 spiro atoms. The number of hydrogen-bond acceptors (Lipinski definition) is 8. The molecule has 7 heterocycles. The lowest BCUT2D eigenvalue weighted by molar-refractivity contribution is 0.653. The summed E-state index contributed by atoms with van der Waals surface area (Å²) in [4.78, 5) is 30.3. The second kappa shape index (κ2) is 26.9. The van der Waals surface area contributed by atoms with Gasteiger partial charge in [-0.15, -0.1) is 0 Å². The summed E-state index contributed by atoms with van der Waals surface area (Å²) in [5.41, 5.74) is 24.0. The Hall–Kier alpha value is -14.6. The van der Waals surface area contributed by atoms with Crippen LogP contribution in [0, 0.1) is 0 Å². The largest absolute Gasteiger partial charge is 0.436 e. The Morgan fingerprint density at radius 2 is 0.717 bits per heavy atom. The van der Waals surface area contributed by atoms with Gasteiger partial charge in [0.05, 0.1) is 28.1 Å². The predicted molar refractivity (Wildman–Crippen MR) is 469 cm³/mol. The zero-order chi connectivity index (χ0) is 74.6. The fourth-order valence-electron chi connectivity index (χ4n) is 17.1. The number of aromatic nitrogens is 7. The maximum Gasteiger partial charge on any atom is 0.246 e. The Balaban J connectivity index is 0.000000118. The van der Waals surface area contributed by atoms with Gasteiger partial charge in [0, 0.05) is 54.9 Å². The monoisotopic (exact) mass is 1510 g/mol. The standard InChI is InChI=1S/C51H30N4O.C35H20BrN3O.C17H12/c1-2-14-33-29-46-42(28-32(33)13-1)39-17-5-6-23-44(39)55(46)45-24-11-19-37-38(45)20-10-21-40(37)48-50(43-22-7-8-27-52-43)53-49-41-26-25-34(30-47(41)56-51(49)54-48)36-18-9-15-31-12-3-4-16-35(31)36;36-29-15-7-12-25-26(29)13-6-14-27(25)32-34(30-16-3-4-19-37-30)38-33-28-18-17-22(20-31(28)40-35(33)39-32)24-11-5-9-21-8-1-2-10-23(21)24;1-2-6-13-11-17-15(9-12(13)5-1)10-14-7-3-4-8-16(14)17/h1-30H;1-20H;1-9,11H,10H2. The van der Waals surface area contributed by atoms with Crippen LogP contribution in [0.3, 0.4) is 0 Å². The molecule has 10 heteroatoms. The SMILES string of the molecule is Brc1cccc2c(-c3nc4oc5cc(-c6cccc7ccccc67)ccc5c4nc3-c3ccccn3)cccc12.c1ccc(-c2nc3c(nc2-c2cccc4c(-n5c6ccccc6c6cc7ccccc7cc65)cccc24)oc2cc(-c4cccc5ccccc45)ccc23)nc1.c1ccc2c(c1)Cc1cc3ccccc3cc1-2. The topological polar surface area (TPSA) is 109 Å². The van der Waals surface area contributed by atoms with E-state index in [1.54, 1.807) is 6.20 Å². The lowest BCUT2D eigenvalue weighted by Gasteiger charge is -2.15. The molecule has 0 N–H and O–H groups in total. The predicted octanol–water partition coefficient (Wildman–Crippen LogP) is 27.6. The van der Waals surface area contributed by atoms with E-state index in [0.29, 0.717) is 22.6 Å². The number of halogens is 1. The number of fused-ring (bicyclic) bond motifs is 18. The normalized spacial score (nSPS) is 11.9. The fraction of sp³-hybridized carbons (Fsp3) is 0.00971. The molecular weight excluding hydrogens is 1450 g/mol. The number of nitrogens with zero attached hydrogens (tertiary/aromatic N) is 7. The van der Waals surface area contributed by atoms with E-state index in [1.165, 1.54) is 81.6 Å². The van der Waals surface area contributed by atoms with Gasteiger partial charge in [-0.25, -0.2) is 19.9 Å². The zero-order valence-corrected chi connectivity index (χ0v) is 62.3. The van der Waals surface area contributed by atoms with Crippen molar-refractivity contribution in [1.82, 2.24) is 34.5 Å². The van der Waals surface area contributed by atoms with Crippen LogP contribution in [0.1, 0.15) is 11.1 Å². The number of para-hydroxylation sites is 1. The lowest BCUT2D eigenvalue weighted by atomic mass is 9.97. The molecule has 0 aliphatic heterocycles. The molecule has 7 aromatic heterocycles. The van der Waals surface area contributed by atoms with E-state index >= 15 is 0 Å². The lowest BCUT2D eigenvalue weighted by Crippen LogP contribution is -1.98. The first-order chi connectivity index (χ1) is 55.9. The summed E-state index contributed by atoms with van der Waals surface area (Å²) in [6, 6.07) is 124. The second-order valence-corrected chi connectivity index (χ2v) is 29.7. The highest BCUT2D eigenvalue weighted by Gasteiger charge is 2.26. The Morgan fingerprint density at radius 3 is 1.33 bits per heavy atom. The van der Waals surface area contributed by atoms with Crippen molar-refractivity contribution in [3.8, 4) is 84.4 Å². The first-order valence-electron chi connectivity index (χ1n) is 37.9. The molecule has 1 aliphatic rings.